The molecule has 48 heavy (non-hydrogen) atoms. The van der Waals surface area contributed by atoms with Crippen molar-refractivity contribution in [1.82, 2.24) is 0 Å². The minimum absolute atomic E-state index is 0.0873. The summed E-state index contributed by atoms with van der Waals surface area (Å²) in [7, 11) is 0. The normalized spacial score (nSPS) is 52.5. The summed E-state index contributed by atoms with van der Waals surface area (Å²) in [5.41, 5.74) is 5.86. The van der Waals surface area contributed by atoms with Crippen LogP contribution in [0.2, 0.25) is 0 Å². The minimum atomic E-state index is 0.0873. The van der Waals surface area contributed by atoms with Crippen LogP contribution < -0.4 is 9.47 Å². The van der Waals surface area contributed by atoms with Crippen LogP contribution in [0.15, 0.2) is 6.07 Å². The van der Waals surface area contributed by atoms with Crippen LogP contribution in [0.1, 0.15) is 146 Å². The topological polar surface area (TPSA) is 43.5 Å². The third-order valence-corrected chi connectivity index (χ3v) is 17.4. The molecule has 12 bridgehead atoms. The number of rotatable bonds is 9. The smallest absolute Gasteiger partial charge is 0.131 e. The summed E-state index contributed by atoms with van der Waals surface area (Å²) in [5.74, 6) is 10.8. The molecule has 14 aliphatic rings. The average molecular weight is 653 g/mol. The first-order chi connectivity index (χ1) is 23.3. The molecule has 4 nitrogen and oxygen atoms in total. The Morgan fingerprint density at radius 3 is 1.21 bits per heavy atom. The Morgan fingerprint density at radius 2 is 0.833 bits per heavy atom. The fraction of sp³-hybridized carbons (Fsp3) is 0.864. The largest absolute Gasteiger partial charge is 0.487 e. The predicted molar refractivity (Wildman–Crippen MR) is 186 cm³/mol. The Labute approximate surface area is 289 Å². The van der Waals surface area contributed by atoms with E-state index in [1.54, 1.807) is 16.7 Å². The summed E-state index contributed by atoms with van der Waals surface area (Å²) in [4.78, 5) is 0. The first-order valence-corrected chi connectivity index (χ1v) is 21.1. The fourth-order valence-corrected chi connectivity index (χ4v) is 16.8. The lowest BCUT2D eigenvalue weighted by Crippen LogP contribution is -2.53. The highest BCUT2D eigenvalue weighted by Gasteiger charge is 2.61. The van der Waals surface area contributed by atoms with Gasteiger partial charge in [-0.1, -0.05) is 0 Å². The summed E-state index contributed by atoms with van der Waals surface area (Å²) < 4.78 is 27.1. The van der Waals surface area contributed by atoms with Crippen molar-refractivity contribution in [3.8, 4) is 11.5 Å². The molecule has 260 valence electrons. The SMILES string of the molecule is CC(Oc1cc(C23CC4CC(CC(C4)C2)C3)c(C23CC4CC(CC(C4)C2)C3)c(OC(C)C2CO2)c1C12CC3CC(CC(C3)C1)C2)C1CO1. The minimum Gasteiger partial charge on any atom is -0.487 e. The molecule has 1 aromatic rings. The van der Waals surface area contributed by atoms with Gasteiger partial charge in [0.1, 0.15) is 35.9 Å². The van der Waals surface area contributed by atoms with Crippen LogP contribution >= 0.6 is 0 Å². The van der Waals surface area contributed by atoms with Crippen molar-refractivity contribution >= 4 is 0 Å². The Hall–Kier alpha value is -1.26. The van der Waals surface area contributed by atoms with Gasteiger partial charge in [0.05, 0.1) is 13.2 Å². The maximum absolute atomic E-state index is 7.75. The highest BCUT2D eigenvalue weighted by molar-refractivity contribution is 5.63. The molecule has 0 aromatic heterocycles. The first kappa shape index (κ1) is 29.3. The van der Waals surface area contributed by atoms with E-state index in [9.17, 15) is 0 Å². The number of ether oxygens (including phenoxy) is 4. The molecule has 4 heteroatoms. The van der Waals surface area contributed by atoms with Crippen LogP contribution in [-0.4, -0.2) is 37.6 Å². The lowest BCUT2D eigenvalue weighted by molar-refractivity contribution is -0.0215. The molecule has 15 rings (SSSR count). The van der Waals surface area contributed by atoms with Crippen LogP contribution in [0.5, 0.6) is 11.5 Å². The molecule has 2 aliphatic heterocycles. The van der Waals surface area contributed by atoms with Crippen LogP contribution in [0.25, 0.3) is 0 Å². The third kappa shape index (κ3) is 4.38. The van der Waals surface area contributed by atoms with Gasteiger partial charge in [-0.05, 0) is 200 Å². The standard InChI is InChI=1S/C44H60O4/c1-24(37-22-45-37)47-36-12-35(42-13-26-3-27(14-42)5-28(4-26)15-42)39(43-16-29-6-30(17-43)8-31(7-29)18-43)41(48-25(2)38-23-46-38)40(36)44-19-32-9-33(20-44)11-34(10-32)21-44/h12,24-34,37-38H,3-11,13-23H2,1-2H3. The van der Waals surface area contributed by atoms with E-state index < -0.39 is 0 Å². The van der Waals surface area contributed by atoms with Crippen LogP contribution in [0.4, 0.5) is 0 Å². The molecule has 12 saturated carbocycles. The van der Waals surface area contributed by atoms with E-state index in [1.165, 1.54) is 127 Å². The van der Waals surface area contributed by atoms with Crippen LogP contribution in [0, 0.1) is 53.3 Å². The molecule has 4 unspecified atom stereocenters. The quantitative estimate of drug-likeness (QED) is 0.249. The van der Waals surface area contributed by atoms with E-state index in [1.807, 2.05) is 0 Å². The van der Waals surface area contributed by atoms with Crippen molar-refractivity contribution in [3.05, 3.63) is 22.8 Å². The second-order valence-corrected chi connectivity index (χ2v) is 21.0. The van der Waals surface area contributed by atoms with Gasteiger partial charge in [0, 0.05) is 22.0 Å². The molecule has 12 aliphatic carbocycles. The Balaban J connectivity index is 1.13. The molecule has 1 aromatic carbocycles. The van der Waals surface area contributed by atoms with E-state index in [0.717, 1.165) is 66.5 Å². The van der Waals surface area contributed by atoms with Crippen molar-refractivity contribution in [1.29, 1.82) is 0 Å². The number of hydrogen-bond acceptors (Lipinski definition) is 4. The third-order valence-electron chi connectivity index (χ3n) is 17.4. The second-order valence-electron chi connectivity index (χ2n) is 21.0. The van der Waals surface area contributed by atoms with Gasteiger partial charge >= 0.3 is 0 Å². The van der Waals surface area contributed by atoms with E-state index >= 15 is 0 Å². The molecular formula is C44H60O4. The highest BCUT2D eigenvalue weighted by atomic mass is 16.6. The zero-order chi connectivity index (χ0) is 31.6. The Kier molecular flexibility index (Phi) is 6.10. The van der Waals surface area contributed by atoms with Gasteiger partial charge in [0.2, 0.25) is 0 Å². The first-order valence-electron chi connectivity index (χ1n) is 21.1. The number of epoxide rings is 2. The fourth-order valence-electron chi connectivity index (χ4n) is 16.8. The van der Waals surface area contributed by atoms with E-state index in [0.29, 0.717) is 5.41 Å². The molecule has 14 fully saturated rings. The molecule has 0 spiro atoms. The second kappa shape index (κ2) is 9.99. The van der Waals surface area contributed by atoms with E-state index in [4.69, 9.17) is 18.9 Å². The van der Waals surface area contributed by atoms with Gasteiger partial charge in [-0.15, -0.1) is 0 Å². The maximum Gasteiger partial charge on any atom is 0.131 e. The molecule has 0 amide bonds. The summed E-state index contributed by atoms with van der Waals surface area (Å²) in [5, 5.41) is 0. The van der Waals surface area contributed by atoms with Crippen molar-refractivity contribution in [2.24, 2.45) is 53.3 Å². The van der Waals surface area contributed by atoms with E-state index in [2.05, 4.69) is 19.9 Å². The summed E-state index contributed by atoms with van der Waals surface area (Å²) >= 11 is 0. The summed E-state index contributed by atoms with van der Waals surface area (Å²) in [6, 6.07) is 2.78. The lowest BCUT2D eigenvalue weighted by atomic mass is 9.43. The van der Waals surface area contributed by atoms with Gasteiger partial charge in [-0.25, -0.2) is 0 Å². The Bertz CT molecular complexity index is 1390. The van der Waals surface area contributed by atoms with Gasteiger partial charge in [-0.3, -0.25) is 0 Å². The molecule has 0 N–H and O–H groups in total. The monoisotopic (exact) mass is 652 g/mol. The molecule has 0 radical (unpaired) electrons. The molecule has 2 heterocycles. The van der Waals surface area contributed by atoms with Crippen molar-refractivity contribution in [3.63, 3.8) is 0 Å². The summed E-state index contributed by atoms with van der Waals surface area (Å²) in [6.07, 6.45) is 26.6. The van der Waals surface area contributed by atoms with Crippen molar-refractivity contribution in [2.45, 2.75) is 170 Å². The van der Waals surface area contributed by atoms with Crippen LogP contribution in [0.3, 0.4) is 0 Å². The molecular weight excluding hydrogens is 592 g/mol. The molecule has 4 atom stereocenters. The summed E-state index contributed by atoms with van der Waals surface area (Å²) in [6.45, 7) is 6.33. The number of benzene rings is 1. The van der Waals surface area contributed by atoms with E-state index in [-0.39, 0.29) is 35.2 Å². The van der Waals surface area contributed by atoms with Crippen molar-refractivity contribution in [2.75, 3.05) is 13.2 Å². The van der Waals surface area contributed by atoms with Gasteiger partial charge in [0.25, 0.3) is 0 Å². The average Bonchev–Trinajstić information content (AvgIpc) is 3.92. The maximum atomic E-state index is 7.75. The van der Waals surface area contributed by atoms with Gasteiger partial charge in [-0.2, -0.15) is 0 Å². The van der Waals surface area contributed by atoms with Crippen molar-refractivity contribution < 1.29 is 18.9 Å². The zero-order valence-corrected chi connectivity index (χ0v) is 29.9. The zero-order valence-electron chi connectivity index (χ0n) is 29.9. The predicted octanol–water partition coefficient (Wildman–Crippen LogP) is 9.42. The Morgan fingerprint density at radius 1 is 0.500 bits per heavy atom. The van der Waals surface area contributed by atoms with Crippen LogP contribution in [-0.2, 0) is 25.7 Å². The van der Waals surface area contributed by atoms with Gasteiger partial charge < -0.3 is 18.9 Å². The number of hydrogen-bond donors (Lipinski definition) is 0. The highest BCUT2D eigenvalue weighted by Crippen LogP contribution is 2.70. The lowest BCUT2D eigenvalue weighted by Gasteiger charge is -2.62. The van der Waals surface area contributed by atoms with Gasteiger partial charge in [0.15, 0.2) is 0 Å². The molecule has 2 saturated heterocycles.